The van der Waals surface area contributed by atoms with Gasteiger partial charge in [0.25, 0.3) is 0 Å². The molecule has 0 saturated heterocycles. The van der Waals surface area contributed by atoms with Gasteiger partial charge in [-0.05, 0) is 19.3 Å². The summed E-state index contributed by atoms with van der Waals surface area (Å²) in [6.07, 6.45) is 26.9. The first kappa shape index (κ1) is 21.7. The minimum atomic E-state index is 0.698. The fraction of sp³-hybridized carbons (Fsp3) is 0.857. The molecule has 1 heterocycles. The lowest BCUT2D eigenvalue weighted by atomic mass is 10.0. The number of hydrogen-bond acceptors (Lipinski definition) is 1. The number of halogens is 1. The Morgan fingerprint density at radius 3 is 1.88 bits per heavy atom. The summed E-state index contributed by atoms with van der Waals surface area (Å²) in [5.41, 5.74) is 0. The summed E-state index contributed by atoms with van der Waals surface area (Å²) < 4.78 is 2.17. The molecular weight excluding hydrogens is 360 g/mol. The summed E-state index contributed by atoms with van der Waals surface area (Å²) >= 11 is 3.85. The minimum absolute atomic E-state index is 0.698. The van der Waals surface area contributed by atoms with Gasteiger partial charge in [0.2, 0.25) is 0 Å². The van der Waals surface area contributed by atoms with E-state index in [0.717, 1.165) is 6.54 Å². The SMILES string of the molecule is CCCCCCCCCCCCCCC(Br)CCCn1ccnc1. The third-order valence-corrected chi connectivity index (χ3v) is 5.78. The molecule has 1 aromatic rings. The molecule has 140 valence electrons. The number of imidazole rings is 1. The molecule has 0 aliphatic rings. The van der Waals surface area contributed by atoms with Gasteiger partial charge in [0, 0.05) is 23.8 Å². The van der Waals surface area contributed by atoms with Gasteiger partial charge in [0.15, 0.2) is 0 Å². The number of hydrogen-bond donors (Lipinski definition) is 0. The highest BCUT2D eigenvalue weighted by atomic mass is 79.9. The Labute approximate surface area is 159 Å². The van der Waals surface area contributed by atoms with Gasteiger partial charge >= 0.3 is 0 Å². The van der Waals surface area contributed by atoms with Gasteiger partial charge in [-0.1, -0.05) is 99.9 Å². The second-order valence-corrected chi connectivity index (χ2v) is 8.51. The van der Waals surface area contributed by atoms with Crippen LogP contribution in [0.4, 0.5) is 0 Å². The molecule has 1 rings (SSSR count). The summed E-state index contributed by atoms with van der Waals surface area (Å²) in [6, 6.07) is 0. The van der Waals surface area contributed by atoms with Crippen LogP contribution in [-0.2, 0) is 6.54 Å². The Balaban J connectivity index is 1.76. The van der Waals surface area contributed by atoms with Crippen molar-refractivity contribution in [2.75, 3.05) is 0 Å². The normalized spacial score (nSPS) is 12.6. The molecule has 0 aliphatic heterocycles. The van der Waals surface area contributed by atoms with Crippen molar-refractivity contribution >= 4 is 15.9 Å². The van der Waals surface area contributed by atoms with Crippen molar-refractivity contribution in [1.82, 2.24) is 9.55 Å². The van der Waals surface area contributed by atoms with Crippen LogP contribution in [-0.4, -0.2) is 14.4 Å². The molecule has 2 nitrogen and oxygen atoms in total. The third-order valence-electron chi connectivity index (χ3n) is 4.86. The molecule has 1 aromatic heterocycles. The van der Waals surface area contributed by atoms with Crippen LogP contribution in [0.5, 0.6) is 0 Å². The Morgan fingerprint density at radius 1 is 0.792 bits per heavy atom. The highest BCUT2D eigenvalue weighted by molar-refractivity contribution is 9.09. The van der Waals surface area contributed by atoms with Gasteiger partial charge in [-0.3, -0.25) is 0 Å². The molecular formula is C21H39BrN2. The minimum Gasteiger partial charge on any atom is -0.337 e. The van der Waals surface area contributed by atoms with Crippen molar-refractivity contribution in [3.05, 3.63) is 18.7 Å². The number of unbranched alkanes of at least 4 members (excludes halogenated alkanes) is 11. The smallest absolute Gasteiger partial charge is 0.0945 e. The van der Waals surface area contributed by atoms with Crippen molar-refractivity contribution in [2.45, 2.75) is 115 Å². The summed E-state index contributed by atoms with van der Waals surface area (Å²) in [5.74, 6) is 0. The average molecular weight is 399 g/mol. The third kappa shape index (κ3) is 13.0. The molecule has 1 atom stereocenters. The number of aromatic nitrogens is 2. The predicted molar refractivity (Wildman–Crippen MR) is 110 cm³/mol. The fourth-order valence-corrected chi connectivity index (χ4v) is 3.91. The number of aryl methyl sites for hydroxylation is 1. The number of alkyl halides is 1. The maximum Gasteiger partial charge on any atom is 0.0945 e. The predicted octanol–water partition coefficient (Wildman–Crippen LogP) is 7.52. The van der Waals surface area contributed by atoms with Crippen LogP contribution < -0.4 is 0 Å². The Kier molecular flexibility index (Phi) is 14.6. The average Bonchev–Trinajstić information content (AvgIpc) is 3.09. The molecule has 0 saturated carbocycles. The standard InChI is InChI=1S/C21H39BrN2/c1-2-3-4-5-6-7-8-9-10-11-12-13-15-21(22)16-14-18-24-19-17-23-20-24/h17,19-21H,2-16,18H2,1H3. The lowest BCUT2D eigenvalue weighted by Gasteiger charge is -2.10. The Bertz CT molecular complexity index is 351. The summed E-state index contributed by atoms with van der Waals surface area (Å²) in [4.78, 5) is 4.78. The van der Waals surface area contributed by atoms with E-state index in [1.807, 2.05) is 12.5 Å². The molecule has 0 aliphatic carbocycles. The monoisotopic (exact) mass is 398 g/mol. The zero-order chi connectivity index (χ0) is 17.3. The molecule has 0 fully saturated rings. The van der Waals surface area contributed by atoms with Crippen LogP contribution in [0, 0.1) is 0 Å². The fourth-order valence-electron chi connectivity index (χ4n) is 3.27. The van der Waals surface area contributed by atoms with E-state index in [2.05, 4.69) is 38.6 Å². The van der Waals surface area contributed by atoms with E-state index < -0.39 is 0 Å². The zero-order valence-corrected chi connectivity index (χ0v) is 17.5. The Morgan fingerprint density at radius 2 is 1.33 bits per heavy atom. The quantitative estimate of drug-likeness (QED) is 0.196. The molecule has 0 radical (unpaired) electrons. The molecule has 3 heteroatoms. The van der Waals surface area contributed by atoms with Crippen LogP contribution in [0.25, 0.3) is 0 Å². The van der Waals surface area contributed by atoms with Gasteiger partial charge in [-0.15, -0.1) is 0 Å². The first-order valence-corrected chi connectivity index (χ1v) is 11.3. The molecule has 0 N–H and O–H groups in total. The van der Waals surface area contributed by atoms with E-state index in [0.29, 0.717) is 4.83 Å². The maximum absolute atomic E-state index is 4.08. The van der Waals surface area contributed by atoms with Crippen molar-refractivity contribution in [1.29, 1.82) is 0 Å². The second-order valence-electron chi connectivity index (χ2n) is 7.22. The lowest BCUT2D eigenvalue weighted by Crippen LogP contribution is -2.01. The number of rotatable bonds is 17. The van der Waals surface area contributed by atoms with E-state index in [4.69, 9.17) is 0 Å². The van der Waals surface area contributed by atoms with Crippen molar-refractivity contribution in [3.63, 3.8) is 0 Å². The first-order valence-electron chi connectivity index (χ1n) is 10.4. The maximum atomic E-state index is 4.08. The van der Waals surface area contributed by atoms with Gasteiger partial charge in [-0.25, -0.2) is 4.98 Å². The molecule has 0 spiro atoms. The number of nitrogens with zero attached hydrogens (tertiary/aromatic N) is 2. The van der Waals surface area contributed by atoms with Crippen LogP contribution in [0.2, 0.25) is 0 Å². The van der Waals surface area contributed by atoms with Gasteiger partial charge < -0.3 is 4.57 Å². The highest BCUT2D eigenvalue weighted by Crippen LogP contribution is 2.18. The van der Waals surface area contributed by atoms with E-state index in [9.17, 15) is 0 Å². The molecule has 1 unspecified atom stereocenters. The van der Waals surface area contributed by atoms with E-state index in [1.54, 1.807) is 0 Å². The Hall–Kier alpha value is -0.310. The van der Waals surface area contributed by atoms with Gasteiger partial charge in [-0.2, -0.15) is 0 Å². The van der Waals surface area contributed by atoms with Crippen molar-refractivity contribution in [2.24, 2.45) is 0 Å². The van der Waals surface area contributed by atoms with Crippen LogP contribution >= 0.6 is 15.9 Å². The van der Waals surface area contributed by atoms with Crippen LogP contribution in [0.15, 0.2) is 18.7 Å². The van der Waals surface area contributed by atoms with E-state index in [1.165, 1.54) is 96.3 Å². The van der Waals surface area contributed by atoms with Crippen molar-refractivity contribution < 1.29 is 0 Å². The summed E-state index contributed by atoms with van der Waals surface area (Å²) in [7, 11) is 0. The highest BCUT2D eigenvalue weighted by Gasteiger charge is 2.04. The summed E-state index contributed by atoms with van der Waals surface area (Å²) in [5, 5.41) is 0. The lowest BCUT2D eigenvalue weighted by molar-refractivity contribution is 0.527. The van der Waals surface area contributed by atoms with E-state index >= 15 is 0 Å². The van der Waals surface area contributed by atoms with Crippen LogP contribution in [0.3, 0.4) is 0 Å². The van der Waals surface area contributed by atoms with E-state index in [-0.39, 0.29) is 0 Å². The molecule has 0 bridgehead atoms. The molecule has 0 amide bonds. The first-order chi connectivity index (χ1) is 11.8. The van der Waals surface area contributed by atoms with Crippen molar-refractivity contribution in [3.8, 4) is 0 Å². The largest absolute Gasteiger partial charge is 0.337 e. The van der Waals surface area contributed by atoms with Gasteiger partial charge in [0.1, 0.15) is 0 Å². The van der Waals surface area contributed by atoms with Crippen LogP contribution in [0.1, 0.15) is 103 Å². The molecule has 0 aromatic carbocycles. The zero-order valence-electron chi connectivity index (χ0n) is 15.9. The van der Waals surface area contributed by atoms with Gasteiger partial charge in [0.05, 0.1) is 6.33 Å². The summed E-state index contributed by atoms with van der Waals surface area (Å²) in [6.45, 7) is 3.39. The topological polar surface area (TPSA) is 17.8 Å². The molecule has 24 heavy (non-hydrogen) atoms. The second kappa shape index (κ2) is 16.2.